The SMILES string of the molecule is O=[N+]([O-])c1ccc(Oc2ccccc2Cl)c2ncccc12. The summed E-state index contributed by atoms with van der Waals surface area (Å²) < 4.78 is 5.74. The van der Waals surface area contributed by atoms with Gasteiger partial charge in [-0.15, -0.1) is 0 Å². The Kier molecular flexibility index (Phi) is 3.41. The summed E-state index contributed by atoms with van der Waals surface area (Å²) in [6, 6.07) is 13.2. The van der Waals surface area contributed by atoms with Crippen LogP contribution in [-0.4, -0.2) is 9.91 Å². The Morgan fingerprint density at radius 1 is 1.05 bits per heavy atom. The Bertz CT molecular complexity index is 836. The van der Waals surface area contributed by atoms with E-state index in [9.17, 15) is 10.1 Å². The molecule has 0 amide bonds. The van der Waals surface area contributed by atoms with Crippen molar-refractivity contribution in [3.05, 3.63) is 69.9 Å². The van der Waals surface area contributed by atoms with Crippen LogP contribution in [0.5, 0.6) is 11.5 Å². The molecule has 2 aromatic carbocycles. The number of nitrogens with zero attached hydrogens (tertiary/aromatic N) is 2. The molecule has 6 heteroatoms. The Labute approximate surface area is 124 Å². The molecule has 1 aromatic heterocycles. The van der Waals surface area contributed by atoms with E-state index in [1.165, 1.54) is 12.1 Å². The lowest BCUT2D eigenvalue weighted by Crippen LogP contribution is -1.93. The summed E-state index contributed by atoms with van der Waals surface area (Å²) >= 11 is 6.05. The van der Waals surface area contributed by atoms with E-state index in [-0.39, 0.29) is 5.69 Å². The van der Waals surface area contributed by atoms with Crippen LogP contribution >= 0.6 is 11.6 Å². The molecule has 3 aromatic rings. The molecule has 0 saturated heterocycles. The first kappa shape index (κ1) is 13.3. The van der Waals surface area contributed by atoms with Crippen molar-refractivity contribution in [3.63, 3.8) is 0 Å². The summed E-state index contributed by atoms with van der Waals surface area (Å²) in [6.45, 7) is 0. The van der Waals surface area contributed by atoms with E-state index >= 15 is 0 Å². The number of rotatable bonds is 3. The number of non-ortho nitro benzene ring substituents is 1. The van der Waals surface area contributed by atoms with Crippen molar-refractivity contribution in [1.82, 2.24) is 4.98 Å². The number of hydrogen-bond donors (Lipinski definition) is 0. The van der Waals surface area contributed by atoms with Crippen molar-refractivity contribution in [3.8, 4) is 11.5 Å². The van der Waals surface area contributed by atoms with Crippen molar-refractivity contribution in [1.29, 1.82) is 0 Å². The highest BCUT2D eigenvalue weighted by Crippen LogP contribution is 2.35. The smallest absolute Gasteiger partial charge is 0.279 e. The predicted octanol–water partition coefficient (Wildman–Crippen LogP) is 4.59. The summed E-state index contributed by atoms with van der Waals surface area (Å²) in [5.74, 6) is 0.893. The topological polar surface area (TPSA) is 65.3 Å². The molecule has 0 aliphatic carbocycles. The van der Waals surface area contributed by atoms with Crippen LogP contribution in [0.15, 0.2) is 54.7 Å². The standard InChI is InChI=1S/C15H9ClN2O3/c16-11-5-1-2-6-13(11)21-14-8-7-12(18(19)20)10-4-3-9-17-15(10)14/h1-9H. The maximum atomic E-state index is 11.1. The third kappa shape index (κ3) is 2.51. The molecule has 0 bridgehead atoms. The average molecular weight is 301 g/mol. The molecule has 21 heavy (non-hydrogen) atoms. The molecule has 0 radical (unpaired) electrons. The fourth-order valence-corrected chi connectivity index (χ4v) is 2.19. The minimum Gasteiger partial charge on any atom is -0.453 e. The van der Waals surface area contributed by atoms with Gasteiger partial charge < -0.3 is 4.74 Å². The number of pyridine rings is 1. The fraction of sp³-hybridized carbons (Fsp3) is 0. The van der Waals surface area contributed by atoms with Gasteiger partial charge in [-0.2, -0.15) is 0 Å². The van der Waals surface area contributed by atoms with Gasteiger partial charge in [-0.25, -0.2) is 0 Å². The van der Waals surface area contributed by atoms with Crippen LogP contribution in [-0.2, 0) is 0 Å². The number of nitro groups is 1. The van der Waals surface area contributed by atoms with Crippen LogP contribution in [0.3, 0.4) is 0 Å². The molecule has 5 nitrogen and oxygen atoms in total. The third-order valence-electron chi connectivity index (χ3n) is 2.96. The van der Waals surface area contributed by atoms with E-state index < -0.39 is 4.92 Å². The molecule has 0 aliphatic rings. The second-order valence-corrected chi connectivity index (χ2v) is 4.68. The molecule has 0 N–H and O–H groups in total. The third-order valence-corrected chi connectivity index (χ3v) is 3.28. The van der Waals surface area contributed by atoms with E-state index in [0.29, 0.717) is 27.4 Å². The number of benzene rings is 2. The molecule has 1 heterocycles. The highest BCUT2D eigenvalue weighted by atomic mass is 35.5. The summed E-state index contributed by atoms with van der Waals surface area (Å²) in [7, 11) is 0. The molecule has 0 fully saturated rings. The van der Waals surface area contributed by atoms with Gasteiger partial charge in [0.2, 0.25) is 0 Å². The predicted molar refractivity (Wildman–Crippen MR) is 79.9 cm³/mol. The second-order valence-electron chi connectivity index (χ2n) is 4.27. The van der Waals surface area contributed by atoms with Crippen LogP contribution < -0.4 is 4.74 Å². The van der Waals surface area contributed by atoms with Gasteiger partial charge in [0.1, 0.15) is 11.3 Å². The average Bonchev–Trinajstić information content (AvgIpc) is 2.49. The molecule has 0 aliphatic heterocycles. The fourth-order valence-electron chi connectivity index (χ4n) is 2.02. The molecule has 0 saturated carbocycles. The van der Waals surface area contributed by atoms with Gasteiger partial charge >= 0.3 is 0 Å². The summed E-state index contributed by atoms with van der Waals surface area (Å²) in [5, 5.41) is 11.9. The van der Waals surface area contributed by atoms with Crippen LogP contribution in [0.2, 0.25) is 5.02 Å². The van der Waals surface area contributed by atoms with Gasteiger partial charge in [0.05, 0.1) is 15.3 Å². The van der Waals surface area contributed by atoms with Crippen LogP contribution in [0.4, 0.5) is 5.69 Å². The first-order valence-electron chi connectivity index (χ1n) is 6.11. The molecule has 3 rings (SSSR count). The van der Waals surface area contributed by atoms with Gasteiger partial charge in [0.25, 0.3) is 5.69 Å². The van der Waals surface area contributed by atoms with Crippen molar-refractivity contribution in [2.45, 2.75) is 0 Å². The quantitative estimate of drug-likeness (QED) is 0.524. The zero-order chi connectivity index (χ0) is 14.8. The number of hydrogen-bond acceptors (Lipinski definition) is 4. The van der Waals surface area contributed by atoms with Crippen LogP contribution in [0, 0.1) is 10.1 Å². The minimum absolute atomic E-state index is 0.00962. The van der Waals surface area contributed by atoms with Gasteiger partial charge in [-0.3, -0.25) is 15.1 Å². The Hall–Kier alpha value is -2.66. The lowest BCUT2D eigenvalue weighted by Gasteiger charge is -2.09. The normalized spacial score (nSPS) is 10.5. The lowest BCUT2D eigenvalue weighted by molar-refractivity contribution is -0.383. The monoisotopic (exact) mass is 300 g/mol. The number of aromatic nitrogens is 1. The van der Waals surface area contributed by atoms with Crippen LogP contribution in [0.25, 0.3) is 10.9 Å². The molecular formula is C15H9ClN2O3. The van der Waals surface area contributed by atoms with Gasteiger partial charge in [0.15, 0.2) is 5.75 Å². The van der Waals surface area contributed by atoms with Crippen molar-refractivity contribution in [2.75, 3.05) is 0 Å². The molecule has 104 valence electrons. The first-order valence-corrected chi connectivity index (χ1v) is 6.49. The largest absolute Gasteiger partial charge is 0.453 e. The molecule has 0 spiro atoms. The maximum Gasteiger partial charge on any atom is 0.279 e. The van der Waals surface area contributed by atoms with E-state index in [1.807, 2.05) is 0 Å². The zero-order valence-electron chi connectivity index (χ0n) is 10.7. The van der Waals surface area contributed by atoms with Crippen LogP contribution in [0.1, 0.15) is 0 Å². The highest BCUT2D eigenvalue weighted by Gasteiger charge is 2.16. The maximum absolute atomic E-state index is 11.1. The minimum atomic E-state index is -0.441. The molecular weight excluding hydrogens is 292 g/mol. The summed E-state index contributed by atoms with van der Waals surface area (Å²) in [5.41, 5.74) is 0.413. The second kappa shape index (κ2) is 5.38. The van der Waals surface area contributed by atoms with Gasteiger partial charge in [0, 0.05) is 12.3 Å². The molecule has 0 atom stereocenters. The first-order chi connectivity index (χ1) is 10.2. The van der Waals surface area contributed by atoms with E-state index in [1.54, 1.807) is 42.6 Å². The Morgan fingerprint density at radius 2 is 1.86 bits per heavy atom. The number of halogens is 1. The highest BCUT2D eigenvalue weighted by molar-refractivity contribution is 6.32. The van der Waals surface area contributed by atoms with Crippen molar-refractivity contribution in [2.24, 2.45) is 0 Å². The Morgan fingerprint density at radius 3 is 2.62 bits per heavy atom. The van der Waals surface area contributed by atoms with Crippen molar-refractivity contribution < 1.29 is 9.66 Å². The van der Waals surface area contributed by atoms with Gasteiger partial charge in [-0.05, 0) is 30.3 Å². The Balaban J connectivity index is 2.14. The van der Waals surface area contributed by atoms with Gasteiger partial charge in [-0.1, -0.05) is 23.7 Å². The van der Waals surface area contributed by atoms with E-state index in [0.717, 1.165) is 0 Å². The summed E-state index contributed by atoms with van der Waals surface area (Å²) in [4.78, 5) is 14.8. The lowest BCUT2D eigenvalue weighted by atomic mass is 10.1. The van der Waals surface area contributed by atoms with E-state index in [4.69, 9.17) is 16.3 Å². The number of para-hydroxylation sites is 1. The summed E-state index contributed by atoms with van der Waals surface area (Å²) in [6.07, 6.45) is 1.56. The number of nitro benzene ring substituents is 1. The number of fused-ring (bicyclic) bond motifs is 1. The zero-order valence-corrected chi connectivity index (χ0v) is 11.4. The van der Waals surface area contributed by atoms with E-state index in [2.05, 4.69) is 4.98 Å². The molecule has 0 unspecified atom stereocenters. The number of ether oxygens (including phenoxy) is 1. The van der Waals surface area contributed by atoms with Crippen molar-refractivity contribution >= 4 is 28.2 Å².